The molecule has 1 aliphatic heterocycles. The number of carboxylic acid groups (broad SMARTS) is 1. The predicted molar refractivity (Wildman–Crippen MR) is 65.4 cm³/mol. The average Bonchev–Trinajstić information content (AvgIpc) is 2.75. The monoisotopic (exact) mass is 255 g/mol. The van der Waals surface area contributed by atoms with Crippen LogP contribution < -0.4 is 0 Å². The average molecular weight is 255 g/mol. The molecule has 0 radical (unpaired) electrons. The number of aliphatic carboxylic acids is 1. The van der Waals surface area contributed by atoms with E-state index in [9.17, 15) is 4.79 Å². The van der Waals surface area contributed by atoms with Crippen molar-refractivity contribution in [3.63, 3.8) is 0 Å². The Labute approximate surface area is 105 Å². The minimum atomic E-state index is -0.754. The molecule has 4 nitrogen and oxygen atoms in total. The molecule has 1 saturated heterocycles. The number of carboxylic acids is 1. The maximum Gasteiger partial charge on any atom is 0.303 e. The Kier molecular flexibility index (Phi) is 4.50. The maximum absolute atomic E-state index is 10.5. The second kappa shape index (κ2) is 6.12. The molecule has 2 heterocycles. The van der Waals surface area contributed by atoms with E-state index in [-0.39, 0.29) is 6.42 Å². The van der Waals surface area contributed by atoms with Crippen LogP contribution in [0.15, 0.2) is 6.20 Å². The number of thiazole rings is 1. The molecule has 5 heteroatoms. The third kappa shape index (κ3) is 4.09. The lowest BCUT2D eigenvalue weighted by atomic mass is 10.1. The lowest BCUT2D eigenvalue weighted by Crippen LogP contribution is -2.21. The van der Waals surface area contributed by atoms with Crippen LogP contribution in [-0.4, -0.2) is 28.8 Å². The molecule has 0 bridgehead atoms. The minimum absolute atomic E-state index is 0.182. The number of aryl methyl sites for hydroxylation is 1. The van der Waals surface area contributed by atoms with Gasteiger partial charge in [-0.1, -0.05) is 0 Å². The van der Waals surface area contributed by atoms with E-state index in [2.05, 4.69) is 4.98 Å². The number of aromatic nitrogens is 1. The highest BCUT2D eigenvalue weighted by molar-refractivity contribution is 7.11. The third-order valence-corrected chi connectivity index (χ3v) is 3.94. The zero-order valence-corrected chi connectivity index (χ0v) is 10.5. The molecule has 1 aliphatic rings. The Hall–Kier alpha value is -0.940. The summed E-state index contributed by atoms with van der Waals surface area (Å²) < 4.78 is 5.66. The quantitative estimate of drug-likeness (QED) is 0.876. The normalized spacial score (nSPS) is 20.4. The predicted octanol–water partition coefficient (Wildman–Crippen LogP) is 2.27. The fourth-order valence-corrected chi connectivity index (χ4v) is 2.94. The topological polar surface area (TPSA) is 59.4 Å². The lowest BCUT2D eigenvalue weighted by molar-refractivity contribution is -0.136. The van der Waals surface area contributed by atoms with E-state index >= 15 is 0 Å². The number of hydrogen-bond acceptors (Lipinski definition) is 4. The Morgan fingerprint density at radius 2 is 2.47 bits per heavy atom. The SMILES string of the molecule is O=C(O)CCc1cnc(CC2CCCCO2)s1. The van der Waals surface area contributed by atoms with Crippen molar-refractivity contribution in [3.05, 3.63) is 16.1 Å². The number of nitrogens with zero attached hydrogens (tertiary/aromatic N) is 1. The first kappa shape index (κ1) is 12.5. The Morgan fingerprint density at radius 1 is 1.59 bits per heavy atom. The van der Waals surface area contributed by atoms with E-state index in [1.165, 1.54) is 6.42 Å². The van der Waals surface area contributed by atoms with Crippen LogP contribution in [0, 0.1) is 0 Å². The van der Waals surface area contributed by atoms with Crippen LogP contribution in [0.2, 0.25) is 0 Å². The van der Waals surface area contributed by atoms with Crippen LogP contribution >= 0.6 is 11.3 Å². The van der Waals surface area contributed by atoms with Gasteiger partial charge in [-0.3, -0.25) is 4.79 Å². The Balaban J connectivity index is 1.82. The van der Waals surface area contributed by atoms with Gasteiger partial charge in [0.25, 0.3) is 0 Å². The van der Waals surface area contributed by atoms with Crippen LogP contribution in [0.3, 0.4) is 0 Å². The van der Waals surface area contributed by atoms with Gasteiger partial charge < -0.3 is 9.84 Å². The molecular weight excluding hydrogens is 238 g/mol. The molecule has 2 rings (SSSR count). The van der Waals surface area contributed by atoms with Crippen LogP contribution in [0.4, 0.5) is 0 Å². The van der Waals surface area contributed by atoms with Crippen molar-refractivity contribution in [1.82, 2.24) is 4.98 Å². The smallest absolute Gasteiger partial charge is 0.303 e. The summed E-state index contributed by atoms with van der Waals surface area (Å²) in [5.74, 6) is -0.754. The van der Waals surface area contributed by atoms with Crippen molar-refractivity contribution in [2.45, 2.75) is 44.6 Å². The maximum atomic E-state index is 10.5. The molecule has 1 N–H and O–H groups in total. The van der Waals surface area contributed by atoms with Gasteiger partial charge in [0.15, 0.2) is 0 Å². The molecule has 0 amide bonds. The number of ether oxygens (including phenoxy) is 1. The number of carbonyl (C=O) groups is 1. The Bertz CT molecular complexity index is 372. The number of hydrogen-bond donors (Lipinski definition) is 1. The van der Waals surface area contributed by atoms with Gasteiger partial charge in [0.1, 0.15) is 0 Å². The van der Waals surface area contributed by atoms with E-state index in [4.69, 9.17) is 9.84 Å². The first-order valence-corrected chi connectivity index (χ1v) is 6.82. The third-order valence-electron chi connectivity index (χ3n) is 2.86. The van der Waals surface area contributed by atoms with Crippen molar-refractivity contribution >= 4 is 17.3 Å². The van der Waals surface area contributed by atoms with Crippen LogP contribution in [0.25, 0.3) is 0 Å². The summed E-state index contributed by atoms with van der Waals surface area (Å²) in [6.07, 6.45) is 7.26. The molecule has 0 aliphatic carbocycles. The molecule has 17 heavy (non-hydrogen) atoms. The van der Waals surface area contributed by atoms with Crippen molar-refractivity contribution in [2.24, 2.45) is 0 Å². The molecule has 0 saturated carbocycles. The fraction of sp³-hybridized carbons (Fsp3) is 0.667. The summed E-state index contributed by atoms with van der Waals surface area (Å²) in [6.45, 7) is 0.863. The van der Waals surface area contributed by atoms with E-state index < -0.39 is 5.97 Å². The van der Waals surface area contributed by atoms with Gasteiger partial charge in [-0.05, 0) is 25.7 Å². The van der Waals surface area contributed by atoms with E-state index in [0.29, 0.717) is 12.5 Å². The standard InChI is InChI=1S/C12H17NO3S/c14-12(15)5-4-10-8-13-11(17-10)7-9-3-1-2-6-16-9/h8-9H,1-7H2,(H,14,15). The molecule has 1 fully saturated rings. The van der Waals surface area contributed by atoms with Crippen molar-refractivity contribution in [1.29, 1.82) is 0 Å². The zero-order chi connectivity index (χ0) is 12.1. The first-order chi connectivity index (χ1) is 8.24. The summed E-state index contributed by atoms with van der Waals surface area (Å²) >= 11 is 1.61. The minimum Gasteiger partial charge on any atom is -0.481 e. The van der Waals surface area contributed by atoms with E-state index in [0.717, 1.165) is 35.8 Å². The van der Waals surface area contributed by atoms with E-state index in [1.54, 1.807) is 17.5 Å². The molecule has 1 aromatic heterocycles. The summed E-state index contributed by atoms with van der Waals surface area (Å²) in [7, 11) is 0. The highest BCUT2D eigenvalue weighted by Gasteiger charge is 2.16. The summed E-state index contributed by atoms with van der Waals surface area (Å²) in [5, 5.41) is 9.67. The van der Waals surface area contributed by atoms with Gasteiger partial charge >= 0.3 is 5.97 Å². The van der Waals surface area contributed by atoms with Crippen LogP contribution in [0.5, 0.6) is 0 Å². The van der Waals surface area contributed by atoms with Gasteiger partial charge in [0.05, 0.1) is 17.5 Å². The molecule has 1 unspecified atom stereocenters. The van der Waals surface area contributed by atoms with Crippen LogP contribution in [-0.2, 0) is 22.4 Å². The summed E-state index contributed by atoms with van der Waals surface area (Å²) in [4.78, 5) is 15.8. The summed E-state index contributed by atoms with van der Waals surface area (Å²) in [5.41, 5.74) is 0. The summed E-state index contributed by atoms with van der Waals surface area (Å²) in [6, 6.07) is 0. The molecule has 1 atom stereocenters. The first-order valence-electron chi connectivity index (χ1n) is 6.01. The van der Waals surface area contributed by atoms with Crippen LogP contribution in [0.1, 0.15) is 35.6 Å². The van der Waals surface area contributed by atoms with Crippen molar-refractivity contribution in [2.75, 3.05) is 6.61 Å². The van der Waals surface area contributed by atoms with Gasteiger partial charge in [-0.15, -0.1) is 11.3 Å². The highest BCUT2D eigenvalue weighted by Crippen LogP contribution is 2.21. The molecule has 1 aromatic rings. The van der Waals surface area contributed by atoms with Crippen molar-refractivity contribution < 1.29 is 14.6 Å². The van der Waals surface area contributed by atoms with Gasteiger partial charge in [-0.25, -0.2) is 4.98 Å². The second-order valence-corrected chi connectivity index (χ2v) is 5.51. The molecule has 94 valence electrons. The lowest BCUT2D eigenvalue weighted by Gasteiger charge is -2.21. The largest absolute Gasteiger partial charge is 0.481 e. The molecular formula is C12H17NO3S. The zero-order valence-electron chi connectivity index (χ0n) is 9.72. The van der Waals surface area contributed by atoms with Gasteiger partial charge in [-0.2, -0.15) is 0 Å². The number of rotatable bonds is 5. The fourth-order valence-electron chi connectivity index (χ4n) is 1.95. The van der Waals surface area contributed by atoms with Gasteiger partial charge in [0.2, 0.25) is 0 Å². The molecule has 0 spiro atoms. The van der Waals surface area contributed by atoms with Crippen molar-refractivity contribution in [3.8, 4) is 0 Å². The Morgan fingerprint density at radius 3 is 3.18 bits per heavy atom. The van der Waals surface area contributed by atoms with Gasteiger partial charge in [0, 0.05) is 24.1 Å². The highest BCUT2D eigenvalue weighted by atomic mass is 32.1. The second-order valence-electron chi connectivity index (χ2n) is 4.31. The molecule has 0 aromatic carbocycles. The van der Waals surface area contributed by atoms with E-state index in [1.807, 2.05) is 0 Å².